The standard InChI is InChI=1S/C25H31N3O4S/c1-16-8-10-22(17(2)12-16)26-24(29)15-27(4)33(31,32)21-9-11-23-20(14-21)13-18(3)28(23)25(30)19-6-5-7-19/h8-12,14,18-19H,5-7,13,15H2,1-4H3,(H,26,29)/t18-/m0/s1. The van der Waals surface area contributed by atoms with Crippen LogP contribution in [0.15, 0.2) is 41.3 Å². The van der Waals surface area contributed by atoms with E-state index in [-0.39, 0.29) is 29.3 Å². The maximum Gasteiger partial charge on any atom is 0.243 e. The van der Waals surface area contributed by atoms with Gasteiger partial charge in [0.2, 0.25) is 21.8 Å². The lowest BCUT2D eigenvalue weighted by Gasteiger charge is -2.32. The van der Waals surface area contributed by atoms with Crippen LogP contribution in [0.2, 0.25) is 0 Å². The summed E-state index contributed by atoms with van der Waals surface area (Å²) in [5.74, 6) is -0.174. The first-order valence-electron chi connectivity index (χ1n) is 11.4. The Bertz CT molecular complexity index is 1200. The van der Waals surface area contributed by atoms with Crippen LogP contribution in [0.5, 0.6) is 0 Å². The number of aryl methyl sites for hydroxylation is 2. The summed E-state index contributed by atoms with van der Waals surface area (Å²) < 4.78 is 27.4. The quantitative estimate of drug-likeness (QED) is 0.700. The Balaban J connectivity index is 1.48. The fourth-order valence-corrected chi connectivity index (χ4v) is 5.74. The third-order valence-corrected chi connectivity index (χ3v) is 8.49. The number of nitrogens with one attached hydrogen (secondary N) is 1. The van der Waals surface area contributed by atoms with Crippen molar-refractivity contribution in [3.05, 3.63) is 53.1 Å². The van der Waals surface area contributed by atoms with Gasteiger partial charge in [0, 0.05) is 30.4 Å². The molecule has 2 aromatic carbocycles. The number of anilines is 2. The van der Waals surface area contributed by atoms with Crippen LogP contribution < -0.4 is 10.2 Å². The van der Waals surface area contributed by atoms with Crippen molar-refractivity contribution in [2.45, 2.75) is 57.4 Å². The average Bonchev–Trinajstić information content (AvgIpc) is 3.03. The van der Waals surface area contributed by atoms with Crippen LogP contribution in [0, 0.1) is 19.8 Å². The average molecular weight is 470 g/mol. The van der Waals surface area contributed by atoms with Gasteiger partial charge < -0.3 is 10.2 Å². The molecule has 1 aliphatic heterocycles. The summed E-state index contributed by atoms with van der Waals surface area (Å²) in [4.78, 5) is 27.3. The van der Waals surface area contributed by atoms with Gasteiger partial charge in [-0.2, -0.15) is 4.31 Å². The zero-order chi connectivity index (χ0) is 23.9. The Hall–Kier alpha value is -2.71. The van der Waals surface area contributed by atoms with Crippen molar-refractivity contribution in [1.82, 2.24) is 4.31 Å². The maximum absolute atomic E-state index is 13.2. The SMILES string of the molecule is Cc1ccc(NC(=O)CN(C)S(=O)(=O)c2ccc3c(c2)C[C@H](C)N3C(=O)C2CCC2)c(C)c1. The van der Waals surface area contributed by atoms with Crippen molar-refractivity contribution in [2.24, 2.45) is 5.92 Å². The fraction of sp³-hybridized carbons (Fsp3) is 0.440. The van der Waals surface area contributed by atoms with Crippen LogP contribution in [0.25, 0.3) is 0 Å². The number of hydrogen-bond donors (Lipinski definition) is 1. The number of fused-ring (bicyclic) bond motifs is 1. The third-order valence-electron chi connectivity index (χ3n) is 6.69. The number of hydrogen-bond acceptors (Lipinski definition) is 4. The second-order valence-electron chi connectivity index (χ2n) is 9.31. The molecular weight excluding hydrogens is 438 g/mol. The van der Waals surface area contributed by atoms with Gasteiger partial charge >= 0.3 is 0 Å². The van der Waals surface area contributed by atoms with Crippen LogP contribution in [-0.4, -0.2) is 44.2 Å². The summed E-state index contributed by atoms with van der Waals surface area (Å²) in [6, 6.07) is 10.6. The van der Waals surface area contributed by atoms with Gasteiger partial charge in [0.25, 0.3) is 0 Å². The first kappa shape index (κ1) is 23.4. The maximum atomic E-state index is 13.2. The topological polar surface area (TPSA) is 86.8 Å². The number of sulfonamides is 1. The number of carbonyl (C=O) groups excluding carboxylic acids is 2. The zero-order valence-corrected chi connectivity index (χ0v) is 20.4. The molecule has 0 bridgehead atoms. The van der Waals surface area contributed by atoms with Gasteiger partial charge in [-0.05, 0) is 75.4 Å². The molecule has 2 aliphatic rings. The lowest BCUT2D eigenvalue weighted by Crippen LogP contribution is -2.42. The largest absolute Gasteiger partial charge is 0.325 e. The van der Waals surface area contributed by atoms with Crippen molar-refractivity contribution in [1.29, 1.82) is 0 Å². The summed E-state index contributed by atoms with van der Waals surface area (Å²) >= 11 is 0. The van der Waals surface area contributed by atoms with Crippen molar-refractivity contribution in [3.63, 3.8) is 0 Å². The molecule has 0 unspecified atom stereocenters. The van der Waals surface area contributed by atoms with Gasteiger partial charge in [-0.15, -0.1) is 0 Å². The molecule has 0 radical (unpaired) electrons. The minimum absolute atomic E-state index is 0.00677. The molecule has 1 atom stereocenters. The summed E-state index contributed by atoms with van der Waals surface area (Å²) in [5.41, 5.74) is 4.32. The van der Waals surface area contributed by atoms with Crippen molar-refractivity contribution >= 4 is 33.2 Å². The van der Waals surface area contributed by atoms with Gasteiger partial charge in [-0.3, -0.25) is 9.59 Å². The first-order chi connectivity index (χ1) is 15.6. The minimum atomic E-state index is -3.86. The van der Waals surface area contributed by atoms with Crippen LogP contribution >= 0.6 is 0 Å². The number of nitrogens with zero attached hydrogens (tertiary/aromatic N) is 2. The lowest BCUT2D eigenvalue weighted by molar-refractivity contribution is -0.125. The molecule has 1 fully saturated rings. The normalized spacial score (nSPS) is 18.2. The van der Waals surface area contributed by atoms with Gasteiger partial charge in [-0.1, -0.05) is 24.1 Å². The Labute approximate surface area is 195 Å². The van der Waals surface area contributed by atoms with Crippen molar-refractivity contribution < 1.29 is 18.0 Å². The monoisotopic (exact) mass is 469 g/mol. The predicted molar refractivity (Wildman–Crippen MR) is 129 cm³/mol. The highest BCUT2D eigenvalue weighted by molar-refractivity contribution is 7.89. The molecule has 0 spiro atoms. The molecule has 2 amide bonds. The Morgan fingerprint density at radius 2 is 1.85 bits per heavy atom. The zero-order valence-electron chi connectivity index (χ0n) is 19.6. The molecule has 1 N–H and O–H groups in total. The molecule has 1 heterocycles. The van der Waals surface area contributed by atoms with E-state index in [4.69, 9.17) is 0 Å². The molecule has 1 aliphatic carbocycles. The number of rotatable bonds is 6. The fourth-order valence-electron chi connectivity index (χ4n) is 4.57. The highest BCUT2D eigenvalue weighted by atomic mass is 32.2. The molecule has 0 aromatic heterocycles. The lowest BCUT2D eigenvalue weighted by atomic mass is 9.84. The van der Waals surface area contributed by atoms with Gasteiger partial charge in [-0.25, -0.2) is 8.42 Å². The van der Waals surface area contributed by atoms with E-state index in [0.29, 0.717) is 12.1 Å². The number of carbonyl (C=O) groups is 2. The van der Waals surface area contributed by atoms with Crippen LogP contribution in [-0.2, 0) is 26.0 Å². The Kier molecular flexibility index (Phi) is 6.33. The Morgan fingerprint density at radius 3 is 2.48 bits per heavy atom. The summed E-state index contributed by atoms with van der Waals surface area (Å²) in [6.07, 6.45) is 3.57. The van der Waals surface area contributed by atoms with Crippen LogP contribution in [0.4, 0.5) is 11.4 Å². The summed E-state index contributed by atoms with van der Waals surface area (Å²) in [7, 11) is -2.46. The molecule has 33 heavy (non-hydrogen) atoms. The van der Waals surface area contributed by atoms with Gasteiger partial charge in [0.1, 0.15) is 0 Å². The molecule has 0 saturated heterocycles. The highest BCUT2D eigenvalue weighted by Crippen LogP contribution is 2.38. The van der Waals surface area contributed by atoms with Gasteiger partial charge in [0.15, 0.2) is 0 Å². The summed E-state index contributed by atoms with van der Waals surface area (Å²) in [6.45, 7) is 5.57. The molecule has 4 rings (SSSR count). The predicted octanol–water partition coefficient (Wildman–Crippen LogP) is 3.64. The third kappa shape index (κ3) is 4.54. The van der Waals surface area contributed by atoms with Crippen LogP contribution in [0.3, 0.4) is 0 Å². The van der Waals surface area contributed by atoms with Crippen molar-refractivity contribution in [3.8, 4) is 0 Å². The Morgan fingerprint density at radius 1 is 1.12 bits per heavy atom. The molecule has 1 saturated carbocycles. The molecule has 176 valence electrons. The van der Waals surface area contributed by atoms with Crippen LogP contribution in [0.1, 0.15) is 42.9 Å². The second kappa shape index (κ2) is 8.91. The molecule has 7 nitrogen and oxygen atoms in total. The highest BCUT2D eigenvalue weighted by Gasteiger charge is 2.37. The van der Waals surface area contributed by atoms with E-state index in [2.05, 4.69) is 5.32 Å². The minimum Gasteiger partial charge on any atom is -0.325 e. The van der Waals surface area contributed by atoms with E-state index >= 15 is 0 Å². The number of likely N-dealkylation sites (N-methyl/N-ethyl adjacent to an activating group) is 1. The van der Waals surface area contributed by atoms with E-state index in [1.54, 1.807) is 12.1 Å². The number of amides is 2. The van der Waals surface area contributed by atoms with E-state index < -0.39 is 15.9 Å². The second-order valence-corrected chi connectivity index (χ2v) is 11.4. The number of benzene rings is 2. The molecule has 8 heteroatoms. The van der Waals surface area contributed by atoms with Gasteiger partial charge in [0.05, 0.1) is 11.4 Å². The van der Waals surface area contributed by atoms with E-state index in [1.165, 1.54) is 13.1 Å². The molecular formula is C25H31N3O4S. The first-order valence-corrected chi connectivity index (χ1v) is 12.8. The van der Waals surface area contributed by atoms with E-state index in [9.17, 15) is 18.0 Å². The van der Waals surface area contributed by atoms with E-state index in [1.807, 2.05) is 43.9 Å². The van der Waals surface area contributed by atoms with E-state index in [0.717, 1.165) is 45.9 Å². The van der Waals surface area contributed by atoms with Crippen molar-refractivity contribution in [2.75, 3.05) is 23.8 Å². The molecule has 2 aromatic rings. The smallest absolute Gasteiger partial charge is 0.243 e. The summed E-state index contributed by atoms with van der Waals surface area (Å²) in [5, 5.41) is 2.79.